The van der Waals surface area contributed by atoms with Crippen molar-refractivity contribution >= 4 is 32.7 Å². The molecule has 1 aromatic heterocycles. The van der Waals surface area contributed by atoms with Gasteiger partial charge in [-0.3, -0.25) is 4.79 Å². The standard InChI is InChI=1S/C22H26N4O3S/c1-26(2)30(28,29)18-11-8-16(9-12-18)22(27)23-17-10-13-19-20(14-17)25-21(24-19)15-6-4-3-5-7-15/h8-15H,3-7H2,1-2H3,(H,23,27)(H,24,25). The molecule has 3 aromatic rings. The molecule has 4 rings (SSSR count). The summed E-state index contributed by atoms with van der Waals surface area (Å²) in [6, 6.07) is 11.5. The zero-order chi connectivity index (χ0) is 21.3. The van der Waals surface area contributed by atoms with Gasteiger partial charge >= 0.3 is 0 Å². The maximum atomic E-state index is 12.6. The second-order valence-corrected chi connectivity index (χ2v) is 10.1. The summed E-state index contributed by atoms with van der Waals surface area (Å²) in [6.45, 7) is 0. The first-order chi connectivity index (χ1) is 14.3. The normalized spacial score (nSPS) is 15.6. The Hall–Kier alpha value is -2.71. The molecule has 7 nitrogen and oxygen atoms in total. The van der Waals surface area contributed by atoms with Crippen molar-refractivity contribution < 1.29 is 13.2 Å². The molecular weight excluding hydrogens is 400 g/mol. The summed E-state index contributed by atoms with van der Waals surface area (Å²) >= 11 is 0. The van der Waals surface area contributed by atoms with Crippen LogP contribution < -0.4 is 5.32 Å². The summed E-state index contributed by atoms with van der Waals surface area (Å²) in [5, 5.41) is 2.87. The van der Waals surface area contributed by atoms with Gasteiger partial charge in [-0.25, -0.2) is 17.7 Å². The minimum atomic E-state index is -3.52. The van der Waals surface area contributed by atoms with E-state index in [9.17, 15) is 13.2 Å². The summed E-state index contributed by atoms with van der Waals surface area (Å²) in [5.41, 5.74) is 2.85. The first-order valence-electron chi connectivity index (χ1n) is 10.2. The lowest BCUT2D eigenvalue weighted by Gasteiger charge is -2.18. The van der Waals surface area contributed by atoms with E-state index in [4.69, 9.17) is 4.98 Å². The molecule has 2 aromatic carbocycles. The molecule has 0 bridgehead atoms. The van der Waals surface area contributed by atoms with E-state index in [-0.39, 0.29) is 10.8 Å². The number of aromatic amines is 1. The number of fused-ring (bicyclic) bond motifs is 1. The Morgan fingerprint density at radius 3 is 2.43 bits per heavy atom. The number of hydrogen-bond acceptors (Lipinski definition) is 4. The number of carbonyl (C=O) groups is 1. The quantitative estimate of drug-likeness (QED) is 0.642. The van der Waals surface area contributed by atoms with Crippen molar-refractivity contribution in [1.29, 1.82) is 0 Å². The third kappa shape index (κ3) is 4.11. The summed E-state index contributed by atoms with van der Waals surface area (Å²) in [6.07, 6.45) is 6.14. The van der Waals surface area contributed by atoms with Crippen LogP contribution in [-0.4, -0.2) is 42.7 Å². The van der Waals surface area contributed by atoms with Crippen molar-refractivity contribution in [3.05, 3.63) is 53.9 Å². The first-order valence-corrected chi connectivity index (χ1v) is 11.6. The molecule has 1 fully saturated rings. The molecule has 0 atom stereocenters. The van der Waals surface area contributed by atoms with E-state index in [0.29, 0.717) is 17.2 Å². The van der Waals surface area contributed by atoms with Crippen molar-refractivity contribution in [2.24, 2.45) is 0 Å². The molecule has 1 heterocycles. The molecule has 1 amide bonds. The molecule has 0 unspecified atom stereocenters. The lowest BCUT2D eigenvalue weighted by atomic mass is 9.89. The Labute approximate surface area is 176 Å². The number of H-pyrrole nitrogens is 1. The minimum absolute atomic E-state index is 0.151. The Bertz CT molecular complexity index is 1160. The van der Waals surface area contributed by atoms with E-state index < -0.39 is 10.0 Å². The van der Waals surface area contributed by atoms with Crippen LogP contribution in [0, 0.1) is 0 Å². The number of amides is 1. The van der Waals surface area contributed by atoms with Gasteiger partial charge in [-0.1, -0.05) is 19.3 Å². The fourth-order valence-corrected chi connectivity index (χ4v) is 4.77. The van der Waals surface area contributed by atoms with E-state index in [1.54, 1.807) is 0 Å². The van der Waals surface area contributed by atoms with Crippen LogP contribution in [0.4, 0.5) is 5.69 Å². The van der Waals surface area contributed by atoms with Crippen molar-refractivity contribution in [3.8, 4) is 0 Å². The average molecular weight is 427 g/mol. The number of hydrogen-bond donors (Lipinski definition) is 2. The molecular formula is C22H26N4O3S. The number of sulfonamides is 1. The molecule has 8 heteroatoms. The number of benzene rings is 2. The maximum absolute atomic E-state index is 12.6. The molecule has 158 valence electrons. The van der Waals surface area contributed by atoms with Crippen LogP contribution in [0.15, 0.2) is 47.4 Å². The second kappa shape index (κ2) is 8.20. The van der Waals surface area contributed by atoms with Crippen molar-refractivity contribution in [1.82, 2.24) is 14.3 Å². The number of anilines is 1. The van der Waals surface area contributed by atoms with Gasteiger partial charge in [0, 0.05) is 31.3 Å². The first kappa shape index (κ1) is 20.6. The third-order valence-corrected chi connectivity index (χ3v) is 7.47. The predicted molar refractivity (Wildman–Crippen MR) is 117 cm³/mol. The van der Waals surface area contributed by atoms with Crippen molar-refractivity contribution in [2.75, 3.05) is 19.4 Å². The summed E-state index contributed by atoms with van der Waals surface area (Å²) < 4.78 is 25.5. The minimum Gasteiger partial charge on any atom is -0.342 e. The van der Waals surface area contributed by atoms with Gasteiger partial charge in [-0.15, -0.1) is 0 Å². The Balaban J connectivity index is 1.50. The van der Waals surface area contributed by atoms with Crippen molar-refractivity contribution in [3.63, 3.8) is 0 Å². The largest absolute Gasteiger partial charge is 0.342 e. The van der Waals surface area contributed by atoms with Crippen LogP contribution in [0.1, 0.15) is 54.2 Å². The predicted octanol–water partition coefficient (Wildman–Crippen LogP) is 4.11. The number of aromatic nitrogens is 2. The third-order valence-electron chi connectivity index (χ3n) is 5.65. The fraction of sp³-hybridized carbons (Fsp3) is 0.364. The van der Waals surface area contributed by atoms with E-state index >= 15 is 0 Å². The lowest BCUT2D eigenvalue weighted by molar-refractivity contribution is 0.102. The number of nitrogens with zero attached hydrogens (tertiary/aromatic N) is 2. The number of rotatable bonds is 5. The summed E-state index contributed by atoms with van der Waals surface area (Å²) in [4.78, 5) is 20.9. The topological polar surface area (TPSA) is 95.2 Å². The van der Waals surface area contributed by atoms with Crippen LogP contribution >= 0.6 is 0 Å². The second-order valence-electron chi connectivity index (χ2n) is 7.95. The van der Waals surface area contributed by atoms with Crippen LogP contribution in [0.25, 0.3) is 11.0 Å². The zero-order valence-corrected chi connectivity index (χ0v) is 18.0. The van der Waals surface area contributed by atoms with Gasteiger partial charge in [0.05, 0.1) is 15.9 Å². The van der Waals surface area contributed by atoms with Gasteiger partial charge in [0.2, 0.25) is 10.0 Å². The summed E-state index contributed by atoms with van der Waals surface area (Å²) in [7, 11) is -0.572. The Morgan fingerprint density at radius 2 is 1.77 bits per heavy atom. The molecule has 1 aliphatic carbocycles. The molecule has 0 aliphatic heterocycles. The van der Waals surface area contributed by atoms with Crippen LogP contribution in [0.2, 0.25) is 0 Å². The molecule has 2 N–H and O–H groups in total. The number of nitrogens with one attached hydrogen (secondary N) is 2. The Morgan fingerprint density at radius 1 is 1.07 bits per heavy atom. The van der Waals surface area contributed by atoms with E-state index in [2.05, 4.69) is 10.3 Å². The van der Waals surface area contributed by atoms with Gasteiger partial charge in [-0.2, -0.15) is 0 Å². The van der Waals surface area contributed by atoms with Gasteiger partial charge < -0.3 is 10.3 Å². The number of imidazole rings is 1. The molecule has 0 spiro atoms. The highest BCUT2D eigenvalue weighted by Crippen LogP contribution is 2.32. The highest BCUT2D eigenvalue weighted by atomic mass is 32.2. The van der Waals surface area contributed by atoms with E-state index in [0.717, 1.165) is 21.2 Å². The van der Waals surface area contributed by atoms with Crippen molar-refractivity contribution in [2.45, 2.75) is 42.9 Å². The molecule has 1 aliphatic rings. The van der Waals surface area contributed by atoms with Gasteiger partial charge in [0.1, 0.15) is 5.82 Å². The van der Waals surface area contributed by atoms with Gasteiger partial charge in [-0.05, 0) is 55.3 Å². The smallest absolute Gasteiger partial charge is 0.255 e. The number of carbonyl (C=O) groups excluding carboxylic acids is 1. The van der Waals surface area contributed by atoms with E-state index in [1.807, 2.05) is 18.2 Å². The van der Waals surface area contributed by atoms with Crippen LogP contribution in [0.5, 0.6) is 0 Å². The zero-order valence-electron chi connectivity index (χ0n) is 17.2. The average Bonchev–Trinajstić information content (AvgIpc) is 3.18. The monoisotopic (exact) mass is 426 g/mol. The highest BCUT2D eigenvalue weighted by molar-refractivity contribution is 7.89. The molecule has 0 saturated heterocycles. The van der Waals surface area contributed by atoms with Gasteiger partial charge in [0.15, 0.2) is 0 Å². The lowest BCUT2D eigenvalue weighted by Crippen LogP contribution is -2.22. The Kier molecular flexibility index (Phi) is 5.62. The molecule has 1 saturated carbocycles. The fourth-order valence-electron chi connectivity index (χ4n) is 3.87. The van der Waals surface area contributed by atoms with Gasteiger partial charge in [0.25, 0.3) is 5.91 Å². The summed E-state index contributed by atoms with van der Waals surface area (Å²) in [5.74, 6) is 1.22. The van der Waals surface area contributed by atoms with Crippen LogP contribution in [-0.2, 0) is 10.0 Å². The SMILES string of the molecule is CN(C)S(=O)(=O)c1ccc(C(=O)Nc2ccc3nc(C4CCCCC4)[nH]c3c2)cc1. The molecule has 0 radical (unpaired) electrons. The maximum Gasteiger partial charge on any atom is 0.255 e. The highest BCUT2D eigenvalue weighted by Gasteiger charge is 2.20. The molecule has 30 heavy (non-hydrogen) atoms. The van der Waals surface area contributed by atoms with E-state index in [1.165, 1.54) is 70.5 Å². The van der Waals surface area contributed by atoms with Crippen LogP contribution in [0.3, 0.4) is 0 Å².